The summed E-state index contributed by atoms with van der Waals surface area (Å²) in [6, 6.07) is 0.110. The van der Waals surface area contributed by atoms with Gasteiger partial charge in [0.1, 0.15) is 5.82 Å². The van der Waals surface area contributed by atoms with Crippen molar-refractivity contribution in [2.24, 2.45) is 11.1 Å². The van der Waals surface area contributed by atoms with Gasteiger partial charge in [-0.25, -0.2) is 9.97 Å². The molecule has 1 unspecified atom stereocenters. The zero-order valence-corrected chi connectivity index (χ0v) is 12.2. The molecule has 3 heteroatoms. The molecule has 0 bridgehead atoms. The molecule has 3 rings (SSSR count). The molecule has 104 valence electrons. The highest BCUT2D eigenvalue weighted by Crippen LogP contribution is 2.39. The van der Waals surface area contributed by atoms with Gasteiger partial charge in [-0.1, -0.05) is 33.1 Å². The summed E-state index contributed by atoms with van der Waals surface area (Å²) in [6.07, 6.45) is 10.6. The van der Waals surface area contributed by atoms with Gasteiger partial charge < -0.3 is 5.73 Å². The van der Waals surface area contributed by atoms with E-state index in [-0.39, 0.29) is 11.5 Å². The number of hydrogen-bond acceptors (Lipinski definition) is 3. The molecule has 1 saturated carbocycles. The first-order valence-electron chi connectivity index (χ1n) is 7.66. The van der Waals surface area contributed by atoms with Gasteiger partial charge in [-0.2, -0.15) is 0 Å². The Morgan fingerprint density at radius 2 is 1.95 bits per heavy atom. The highest BCUT2D eigenvalue weighted by Gasteiger charge is 2.32. The van der Waals surface area contributed by atoms with Crippen molar-refractivity contribution in [2.75, 3.05) is 0 Å². The standard InChI is InChI=1S/C16H25N3/c1-16(2)8-13(17)12-10-18-15(19-14(12)9-16)11-6-4-3-5-7-11/h10-11,13H,3-9,17H2,1-2H3. The van der Waals surface area contributed by atoms with Gasteiger partial charge >= 0.3 is 0 Å². The topological polar surface area (TPSA) is 51.8 Å². The Balaban J connectivity index is 1.90. The zero-order valence-electron chi connectivity index (χ0n) is 12.2. The number of hydrogen-bond donors (Lipinski definition) is 1. The molecule has 0 amide bonds. The molecule has 0 spiro atoms. The minimum Gasteiger partial charge on any atom is -0.324 e. The fraction of sp³-hybridized carbons (Fsp3) is 0.750. The van der Waals surface area contributed by atoms with Crippen molar-refractivity contribution in [3.63, 3.8) is 0 Å². The fourth-order valence-corrected chi connectivity index (χ4v) is 3.68. The monoisotopic (exact) mass is 259 g/mol. The lowest BCUT2D eigenvalue weighted by molar-refractivity contribution is 0.276. The molecule has 0 saturated heterocycles. The van der Waals surface area contributed by atoms with E-state index in [4.69, 9.17) is 10.7 Å². The van der Waals surface area contributed by atoms with E-state index in [0.717, 1.165) is 18.7 Å². The van der Waals surface area contributed by atoms with Gasteiger partial charge in [0.2, 0.25) is 0 Å². The first kappa shape index (κ1) is 13.0. The van der Waals surface area contributed by atoms with Crippen LogP contribution in [0.2, 0.25) is 0 Å². The normalized spacial score (nSPS) is 27.0. The van der Waals surface area contributed by atoms with E-state index in [1.165, 1.54) is 43.4 Å². The molecule has 1 atom stereocenters. The second-order valence-corrected chi connectivity index (χ2v) is 7.12. The van der Waals surface area contributed by atoms with Gasteiger partial charge in [-0.15, -0.1) is 0 Å². The molecule has 0 aromatic carbocycles. The van der Waals surface area contributed by atoms with Crippen molar-refractivity contribution in [3.8, 4) is 0 Å². The second-order valence-electron chi connectivity index (χ2n) is 7.12. The molecule has 2 aliphatic carbocycles. The van der Waals surface area contributed by atoms with E-state index >= 15 is 0 Å². The highest BCUT2D eigenvalue weighted by molar-refractivity contribution is 5.27. The van der Waals surface area contributed by atoms with Gasteiger partial charge in [0.05, 0.1) is 0 Å². The molecule has 1 aromatic rings. The lowest BCUT2D eigenvalue weighted by atomic mass is 9.74. The van der Waals surface area contributed by atoms with Crippen LogP contribution in [0.3, 0.4) is 0 Å². The molecule has 19 heavy (non-hydrogen) atoms. The summed E-state index contributed by atoms with van der Waals surface area (Å²) in [5.41, 5.74) is 8.93. The summed E-state index contributed by atoms with van der Waals surface area (Å²) in [6.45, 7) is 4.58. The summed E-state index contributed by atoms with van der Waals surface area (Å²) in [5.74, 6) is 1.66. The smallest absolute Gasteiger partial charge is 0.131 e. The van der Waals surface area contributed by atoms with Crippen LogP contribution in [-0.4, -0.2) is 9.97 Å². The Hall–Kier alpha value is -0.960. The van der Waals surface area contributed by atoms with Crippen LogP contribution in [-0.2, 0) is 6.42 Å². The van der Waals surface area contributed by atoms with Crippen molar-refractivity contribution in [2.45, 2.75) is 70.8 Å². The first-order chi connectivity index (χ1) is 9.05. The predicted molar refractivity (Wildman–Crippen MR) is 76.9 cm³/mol. The molecule has 1 fully saturated rings. The van der Waals surface area contributed by atoms with Gasteiger partial charge in [0, 0.05) is 29.4 Å². The van der Waals surface area contributed by atoms with Crippen LogP contribution in [0, 0.1) is 5.41 Å². The fourth-order valence-electron chi connectivity index (χ4n) is 3.68. The van der Waals surface area contributed by atoms with Crippen molar-refractivity contribution in [1.82, 2.24) is 9.97 Å². The Morgan fingerprint density at radius 1 is 1.21 bits per heavy atom. The first-order valence-corrected chi connectivity index (χ1v) is 7.66. The largest absolute Gasteiger partial charge is 0.324 e. The third-order valence-electron chi connectivity index (χ3n) is 4.71. The Morgan fingerprint density at radius 3 is 2.68 bits per heavy atom. The van der Waals surface area contributed by atoms with Gasteiger partial charge in [-0.3, -0.25) is 0 Å². The quantitative estimate of drug-likeness (QED) is 0.840. The number of nitrogens with two attached hydrogens (primary N) is 1. The molecular weight excluding hydrogens is 234 g/mol. The van der Waals surface area contributed by atoms with E-state index in [1.807, 2.05) is 6.20 Å². The molecule has 0 aliphatic heterocycles. The molecular formula is C16H25N3. The molecule has 0 radical (unpaired) electrons. The third-order valence-corrected chi connectivity index (χ3v) is 4.71. The SMILES string of the molecule is CC1(C)Cc2nc(C3CCCCC3)ncc2C(N)C1. The van der Waals surface area contributed by atoms with Crippen molar-refractivity contribution in [3.05, 3.63) is 23.3 Å². The van der Waals surface area contributed by atoms with Crippen LogP contribution in [0.1, 0.15) is 81.4 Å². The van der Waals surface area contributed by atoms with Crippen LogP contribution in [0.5, 0.6) is 0 Å². The van der Waals surface area contributed by atoms with E-state index in [2.05, 4.69) is 18.8 Å². The van der Waals surface area contributed by atoms with E-state index < -0.39 is 0 Å². The summed E-state index contributed by atoms with van der Waals surface area (Å²) in [7, 11) is 0. The van der Waals surface area contributed by atoms with Crippen molar-refractivity contribution < 1.29 is 0 Å². The van der Waals surface area contributed by atoms with E-state index in [0.29, 0.717) is 5.92 Å². The average molecular weight is 259 g/mol. The van der Waals surface area contributed by atoms with Crippen molar-refractivity contribution in [1.29, 1.82) is 0 Å². The van der Waals surface area contributed by atoms with Crippen LogP contribution in [0.25, 0.3) is 0 Å². The minimum absolute atomic E-state index is 0.110. The number of nitrogens with zero attached hydrogens (tertiary/aromatic N) is 2. The van der Waals surface area contributed by atoms with Crippen LogP contribution in [0.4, 0.5) is 0 Å². The van der Waals surface area contributed by atoms with Gasteiger partial charge in [0.15, 0.2) is 0 Å². The number of rotatable bonds is 1. The summed E-state index contributed by atoms with van der Waals surface area (Å²) < 4.78 is 0. The average Bonchev–Trinajstić information content (AvgIpc) is 2.37. The predicted octanol–water partition coefficient (Wildman–Crippen LogP) is 3.50. The van der Waals surface area contributed by atoms with Gasteiger partial charge in [0.25, 0.3) is 0 Å². The molecule has 2 aliphatic rings. The molecule has 2 N–H and O–H groups in total. The van der Waals surface area contributed by atoms with E-state index in [1.54, 1.807) is 0 Å². The third kappa shape index (κ3) is 2.66. The van der Waals surface area contributed by atoms with Gasteiger partial charge in [-0.05, 0) is 31.1 Å². The zero-order chi connectivity index (χ0) is 13.5. The second kappa shape index (κ2) is 4.86. The summed E-state index contributed by atoms with van der Waals surface area (Å²) in [5, 5.41) is 0. The lowest BCUT2D eigenvalue weighted by Gasteiger charge is -2.34. The number of fused-ring (bicyclic) bond motifs is 1. The maximum Gasteiger partial charge on any atom is 0.131 e. The van der Waals surface area contributed by atoms with Crippen molar-refractivity contribution >= 4 is 0 Å². The Labute approximate surface area is 116 Å². The van der Waals surface area contributed by atoms with Crippen LogP contribution >= 0.6 is 0 Å². The minimum atomic E-state index is 0.110. The molecule has 3 nitrogen and oxygen atoms in total. The lowest BCUT2D eigenvalue weighted by Crippen LogP contribution is -2.31. The molecule has 1 heterocycles. The maximum absolute atomic E-state index is 6.27. The Bertz CT molecular complexity index is 461. The van der Waals surface area contributed by atoms with Crippen LogP contribution in [0.15, 0.2) is 6.20 Å². The summed E-state index contributed by atoms with van der Waals surface area (Å²) >= 11 is 0. The number of aromatic nitrogens is 2. The van der Waals surface area contributed by atoms with Crippen LogP contribution < -0.4 is 5.73 Å². The Kier molecular flexibility index (Phi) is 3.34. The summed E-state index contributed by atoms with van der Waals surface area (Å²) in [4.78, 5) is 9.51. The highest BCUT2D eigenvalue weighted by atomic mass is 14.9. The maximum atomic E-state index is 6.27. The molecule has 1 aromatic heterocycles. The van der Waals surface area contributed by atoms with E-state index in [9.17, 15) is 0 Å².